The number of sulfonamides is 1. The smallest absolute Gasteiger partial charge is 0.303 e. The van der Waals surface area contributed by atoms with E-state index in [1.807, 2.05) is 19.1 Å². The van der Waals surface area contributed by atoms with Gasteiger partial charge in [-0.3, -0.25) is 9.10 Å². The fraction of sp³-hybridized carbons (Fsp3) is 0.250. The summed E-state index contributed by atoms with van der Waals surface area (Å²) in [4.78, 5) is 15.5. The Morgan fingerprint density at radius 2 is 2.03 bits per heavy atom. The van der Waals surface area contributed by atoms with E-state index in [-0.39, 0.29) is 24.3 Å². The number of fused-ring (bicyclic) bond motifs is 1. The van der Waals surface area contributed by atoms with Crippen molar-refractivity contribution in [3.05, 3.63) is 66.4 Å². The van der Waals surface area contributed by atoms with Crippen LogP contribution in [-0.4, -0.2) is 44.2 Å². The minimum Gasteiger partial charge on any atom is -0.486 e. The quantitative estimate of drug-likeness (QED) is 0.561. The lowest BCUT2D eigenvalue weighted by atomic mass is 10.0. The number of aromatic nitrogens is 1. The van der Waals surface area contributed by atoms with Crippen LogP contribution in [-0.2, 0) is 14.8 Å². The summed E-state index contributed by atoms with van der Waals surface area (Å²) in [6.07, 6.45) is 1.09. The van der Waals surface area contributed by atoms with Crippen LogP contribution >= 0.6 is 0 Å². The molecule has 33 heavy (non-hydrogen) atoms. The standard InChI is InChI=1S/C24H24N2O6S/c1-16-5-3-6-19(13-16)33(29,30)26-15-18(9-11-23(27)28)32-22-10-8-17(14-21(22)26)20-7-4-12-25-24(20)31-2/h3-8,10,12-14,18H,9,11,15H2,1-2H3,(H,27,28)/t18-/m0/s1. The number of hydrogen-bond acceptors (Lipinski definition) is 6. The number of carboxylic acids is 1. The molecule has 3 aromatic rings. The highest BCUT2D eigenvalue weighted by atomic mass is 32.2. The van der Waals surface area contributed by atoms with Crippen LogP contribution in [0.4, 0.5) is 5.69 Å². The molecule has 0 amide bonds. The Labute approximate surface area is 192 Å². The van der Waals surface area contributed by atoms with Gasteiger partial charge in [0.05, 0.1) is 24.2 Å². The summed E-state index contributed by atoms with van der Waals surface area (Å²) in [7, 11) is -2.40. The van der Waals surface area contributed by atoms with Crippen molar-refractivity contribution in [2.24, 2.45) is 0 Å². The van der Waals surface area contributed by atoms with Gasteiger partial charge in [0.1, 0.15) is 11.9 Å². The van der Waals surface area contributed by atoms with Crippen LogP contribution in [0.5, 0.6) is 11.6 Å². The zero-order chi connectivity index (χ0) is 23.6. The molecule has 0 fully saturated rings. The molecule has 0 saturated carbocycles. The van der Waals surface area contributed by atoms with Crippen molar-refractivity contribution in [1.29, 1.82) is 0 Å². The summed E-state index contributed by atoms with van der Waals surface area (Å²) in [6, 6.07) is 15.5. The number of methoxy groups -OCH3 is 1. The maximum atomic E-state index is 13.7. The fourth-order valence-corrected chi connectivity index (χ4v) is 5.42. The summed E-state index contributed by atoms with van der Waals surface area (Å²) in [5, 5.41) is 9.08. The van der Waals surface area contributed by atoms with Gasteiger partial charge in [-0.2, -0.15) is 0 Å². The molecule has 1 aliphatic rings. The van der Waals surface area contributed by atoms with E-state index in [0.29, 0.717) is 22.9 Å². The van der Waals surface area contributed by atoms with E-state index in [1.54, 1.807) is 48.7 Å². The Bertz CT molecular complexity index is 1290. The lowest BCUT2D eigenvalue weighted by molar-refractivity contribution is -0.137. The van der Waals surface area contributed by atoms with Crippen LogP contribution in [0.15, 0.2) is 65.7 Å². The molecule has 1 N–H and O–H groups in total. The summed E-state index contributed by atoms with van der Waals surface area (Å²) < 4.78 is 40.0. The van der Waals surface area contributed by atoms with E-state index in [1.165, 1.54) is 11.4 Å². The first-order valence-electron chi connectivity index (χ1n) is 10.4. The molecular formula is C24H24N2O6S. The third-order valence-electron chi connectivity index (χ3n) is 5.42. The van der Waals surface area contributed by atoms with Crippen molar-refractivity contribution in [3.8, 4) is 22.8 Å². The Morgan fingerprint density at radius 3 is 2.76 bits per heavy atom. The molecule has 0 unspecified atom stereocenters. The van der Waals surface area contributed by atoms with E-state index >= 15 is 0 Å². The first kappa shape index (κ1) is 22.6. The average Bonchev–Trinajstić information content (AvgIpc) is 2.81. The number of hydrogen-bond donors (Lipinski definition) is 1. The molecule has 8 nitrogen and oxygen atoms in total. The third kappa shape index (κ3) is 4.63. The van der Waals surface area contributed by atoms with E-state index in [0.717, 1.165) is 11.1 Å². The highest BCUT2D eigenvalue weighted by Crippen LogP contribution is 2.41. The van der Waals surface area contributed by atoms with E-state index in [9.17, 15) is 13.2 Å². The van der Waals surface area contributed by atoms with Gasteiger partial charge in [0.2, 0.25) is 5.88 Å². The van der Waals surface area contributed by atoms with Crippen molar-refractivity contribution < 1.29 is 27.8 Å². The third-order valence-corrected chi connectivity index (χ3v) is 7.20. The molecular weight excluding hydrogens is 444 g/mol. The molecule has 0 spiro atoms. The van der Waals surface area contributed by atoms with Gasteiger partial charge in [-0.25, -0.2) is 13.4 Å². The first-order valence-corrected chi connectivity index (χ1v) is 11.8. The highest BCUT2D eigenvalue weighted by molar-refractivity contribution is 7.92. The SMILES string of the molecule is COc1ncccc1-c1ccc2c(c1)N(S(=O)(=O)c1cccc(C)c1)C[C@H](CCC(=O)O)O2. The summed E-state index contributed by atoms with van der Waals surface area (Å²) in [6.45, 7) is 1.83. The minimum atomic E-state index is -3.93. The largest absolute Gasteiger partial charge is 0.486 e. The second-order valence-corrected chi connectivity index (χ2v) is 9.63. The molecule has 1 aromatic heterocycles. The van der Waals surface area contributed by atoms with Crippen LogP contribution < -0.4 is 13.8 Å². The van der Waals surface area contributed by atoms with Crippen molar-refractivity contribution in [1.82, 2.24) is 4.98 Å². The Balaban J connectivity index is 1.82. The van der Waals surface area contributed by atoms with Gasteiger partial charge >= 0.3 is 5.97 Å². The van der Waals surface area contributed by atoms with Crippen LogP contribution in [0.2, 0.25) is 0 Å². The molecule has 4 rings (SSSR count). The zero-order valence-electron chi connectivity index (χ0n) is 18.3. The number of rotatable bonds is 7. The predicted molar refractivity (Wildman–Crippen MR) is 123 cm³/mol. The number of carbonyl (C=O) groups is 1. The van der Waals surface area contributed by atoms with Gasteiger partial charge in [0.25, 0.3) is 10.0 Å². The van der Waals surface area contributed by atoms with Crippen molar-refractivity contribution in [2.75, 3.05) is 18.0 Å². The van der Waals surface area contributed by atoms with Gasteiger partial charge in [-0.05, 0) is 60.9 Å². The molecule has 0 saturated heterocycles. The molecule has 0 radical (unpaired) electrons. The summed E-state index contributed by atoms with van der Waals surface area (Å²) in [5.74, 6) is -0.169. The molecule has 9 heteroatoms. The van der Waals surface area contributed by atoms with Gasteiger partial charge < -0.3 is 14.6 Å². The molecule has 2 heterocycles. The van der Waals surface area contributed by atoms with Crippen molar-refractivity contribution >= 4 is 21.7 Å². The molecule has 0 bridgehead atoms. The maximum Gasteiger partial charge on any atom is 0.303 e. The van der Waals surface area contributed by atoms with Crippen LogP contribution in [0.3, 0.4) is 0 Å². The second kappa shape index (κ2) is 9.11. The van der Waals surface area contributed by atoms with E-state index in [4.69, 9.17) is 14.6 Å². The Morgan fingerprint density at radius 1 is 1.21 bits per heavy atom. The predicted octanol–water partition coefficient (Wildman–Crippen LogP) is 3.89. The number of ether oxygens (including phenoxy) is 2. The minimum absolute atomic E-state index is 0.00415. The number of benzene rings is 2. The van der Waals surface area contributed by atoms with Crippen LogP contribution in [0.25, 0.3) is 11.1 Å². The number of nitrogens with zero attached hydrogens (tertiary/aromatic N) is 2. The topological polar surface area (TPSA) is 106 Å². The van der Waals surface area contributed by atoms with Gasteiger partial charge in [0.15, 0.2) is 0 Å². The molecule has 1 atom stereocenters. The first-order chi connectivity index (χ1) is 15.8. The van der Waals surface area contributed by atoms with Crippen LogP contribution in [0.1, 0.15) is 18.4 Å². The Hall–Kier alpha value is -3.59. The van der Waals surface area contributed by atoms with E-state index in [2.05, 4.69) is 4.98 Å². The number of aryl methyl sites for hydroxylation is 1. The second-order valence-electron chi connectivity index (χ2n) is 7.77. The summed E-state index contributed by atoms with van der Waals surface area (Å²) in [5.41, 5.74) is 2.63. The number of aliphatic carboxylic acids is 1. The van der Waals surface area contributed by atoms with Crippen molar-refractivity contribution in [3.63, 3.8) is 0 Å². The molecule has 0 aliphatic carbocycles. The normalized spacial score (nSPS) is 15.5. The number of anilines is 1. The van der Waals surface area contributed by atoms with Crippen molar-refractivity contribution in [2.45, 2.75) is 30.8 Å². The summed E-state index contributed by atoms with van der Waals surface area (Å²) >= 11 is 0. The van der Waals surface area contributed by atoms with Crippen LogP contribution in [0, 0.1) is 6.92 Å². The lowest BCUT2D eigenvalue weighted by Gasteiger charge is -2.35. The monoisotopic (exact) mass is 468 g/mol. The molecule has 172 valence electrons. The van der Waals surface area contributed by atoms with Gasteiger partial charge in [-0.1, -0.05) is 18.2 Å². The molecule has 2 aromatic carbocycles. The van der Waals surface area contributed by atoms with Gasteiger partial charge in [-0.15, -0.1) is 0 Å². The molecule has 1 aliphatic heterocycles. The fourth-order valence-electron chi connectivity index (χ4n) is 3.82. The number of pyridine rings is 1. The zero-order valence-corrected chi connectivity index (χ0v) is 19.1. The van der Waals surface area contributed by atoms with E-state index < -0.39 is 22.1 Å². The highest BCUT2D eigenvalue weighted by Gasteiger charge is 2.35. The number of carboxylic acid groups (broad SMARTS) is 1. The van der Waals surface area contributed by atoms with Gasteiger partial charge in [0, 0.05) is 18.2 Å². The lowest BCUT2D eigenvalue weighted by Crippen LogP contribution is -2.43. The average molecular weight is 469 g/mol. The maximum absolute atomic E-state index is 13.7. The Kier molecular flexibility index (Phi) is 6.24.